The Bertz CT molecular complexity index is 1180. The number of hydrogen-bond donors (Lipinski definition) is 1. The Balaban J connectivity index is 1.44. The number of rotatable bonds is 19. The zero-order valence-electron chi connectivity index (χ0n) is 27.1. The number of Topliss-reactive ketones (excluding diaryl/α,β-unsaturated/α-hetero) is 1. The van der Waals surface area contributed by atoms with Crippen LogP contribution in [0.5, 0.6) is 0 Å². The van der Waals surface area contributed by atoms with Gasteiger partial charge in [0.2, 0.25) is 0 Å². The van der Waals surface area contributed by atoms with Gasteiger partial charge < -0.3 is 9.55 Å². The number of alkyl halides is 1. The van der Waals surface area contributed by atoms with Crippen molar-refractivity contribution >= 4 is 5.78 Å². The van der Waals surface area contributed by atoms with Crippen LogP contribution in [0, 0.1) is 27.7 Å². The zero-order chi connectivity index (χ0) is 29.8. The summed E-state index contributed by atoms with van der Waals surface area (Å²) in [7, 11) is 0. The van der Waals surface area contributed by atoms with Crippen LogP contribution in [0.25, 0.3) is 0 Å². The average Bonchev–Trinajstić information content (AvgIpc) is 3.38. The number of H-pyrrole nitrogens is 1. The third-order valence-electron chi connectivity index (χ3n) is 9.12. The fourth-order valence-electron chi connectivity index (χ4n) is 6.84. The van der Waals surface area contributed by atoms with E-state index < -0.39 is 5.67 Å². The molecule has 1 unspecified atom stereocenters. The second kappa shape index (κ2) is 16.3. The highest BCUT2D eigenvalue weighted by molar-refractivity contribution is 5.97. The Morgan fingerprint density at radius 1 is 0.902 bits per heavy atom. The summed E-state index contributed by atoms with van der Waals surface area (Å²) in [6.07, 6.45) is 25.6. The summed E-state index contributed by atoms with van der Waals surface area (Å²) < 4.78 is 18.7. The van der Waals surface area contributed by atoms with Crippen LogP contribution in [0.1, 0.15) is 154 Å². The lowest BCUT2D eigenvalue weighted by molar-refractivity contribution is 0.101. The van der Waals surface area contributed by atoms with Crippen LogP contribution < -0.4 is 0 Å². The molecular weight excluding hydrogens is 507 g/mol. The number of nitrogens with one attached hydrogen (secondary N) is 1. The predicted octanol–water partition coefficient (Wildman–Crippen LogP) is 11.0. The van der Waals surface area contributed by atoms with E-state index in [1.54, 1.807) is 13.0 Å². The predicted molar refractivity (Wildman–Crippen MR) is 173 cm³/mol. The number of allylic oxidation sites excluding steroid dienone is 4. The first-order valence-corrected chi connectivity index (χ1v) is 16.6. The van der Waals surface area contributed by atoms with Crippen molar-refractivity contribution in [3.8, 4) is 0 Å². The van der Waals surface area contributed by atoms with Gasteiger partial charge in [-0.3, -0.25) is 4.79 Å². The monoisotopic (exact) mass is 564 g/mol. The van der Waals surface area contributed by atoms with E-state index in [1.165, 1.54) is 83.5 Å². The molecule has 41 heavy (non-hydrogen) atoms. The molecule has 2 aromatic heterocycles. The minimum atomic E-state index is -1.48. The van der Waals surface area contributed by atoms with Gasteiger partial charge in [0.1, 0.15) is 0 Å². The molecule has 1 N–H and O–H groups in total. The number of ketones is 1. The fourth-order valence-corrected chi connectivity index (χ4v) is 6.84. The number of halogens is 1. The molecule has 1 atom stereocenters. The topological polar surface area (TPSA) is 37.8 Å². The fraction of sp³-hybridized carbons (Fsp3) is 0.649. The summed E-state index contributed by atoms with van der Waals surface area (Å²) in [5.41, 5.74) is 6.38. The molecule has 0 saturated heterocycles. The molecule has 0 spiro atoms. The second-order valence-electron chi connectivity index (χ2n) is 12.7. The van der Waals surface area contributed by atoms with Gasteiger partial charge in [0.25, 0.3) is 0 Å². The lowest BCUT2D eigenvalue weighted by atomic mass is 9.87. The van der Waals surface area contributed by atoms with Crippen molar-refractivity contribution < 1.29 is 9.18 Å². The molecule has 2 heterocycles. The summed E-state index contributed by atoms with van der Waals surface area (Å²) in [6, 6.07) is 2.14. The first-order valence-electron chi connectivity index (χ1n) is 16.6. The first kappa shape index (κ1) is 33.1. The van der Waals surface area contributed by atoms with Crippen LogP contribution in [-0.2, 0) is 18.6 Å². The van der Waals surface area contributed by atoms with E-state index in [0.29, 0.717) is 12.8 Å². The second-order valence-corrected chi connectivity index (χ2v) is 12.7. The van der Waals surface area contributed by atoms with E-state index in [4.69, 9.17) is 0 Å². The van der Waals surface area contributed by atoms with Gasteiger partial charge in [0.05, 0.1) is 5.69 Å². The number of hydrogen-bond acceptors (Lipinski definition) is 1. The van der Waals surface area contributed by atoms with Gasteiger partial charge in [-0.25, -0.2) is 4.39 Å². The molecule has 3 nitrogen and oxygen atoms in total. The summed E-state index contributed by atoms with van der Waals surface area (Å²) >= 11 is 0. The molecule has 228 valence electrons. The number of carbonyl (C=O) groups excluding carboxylic acids is 1. The van der Waals surface area contributed by atoms with Crippen molar-refractivity contribution in [3.05, 3.63) is 69.3 Å². The molecular formula is C37H57FN2O. The average molecular weight is 565 g/mol. The largest absolute Gasteiger partial charge is 0.361 e. The maximum atomic E-state index is 16.5. The van der Waals surface area contributed by atoms with Gasteiger partial charge in [-0.15, -0.1) is 0 Å². The standard InChI is InChI=1S/C37H57FN2O/c1-7-8-9-10-11-12-13-14-15-16-17-18-19-20-25-40-29(3)26-28(2)36(40)37(38)23-21-33(22-24-37)27-34-30(4)35(32(6)41)31(5)39-34/h21-23,26,39H,7-20,24-25,27H2,1-6H3. The summed E-state index contributed by atoms with van der Waals surface area (Å²) in [6.45, 7) is 12.9. The molecule has 0 amide bonds. The van der Waals surface area contributed by atoms with Crippen molar-refractivity contribution in [2.24, 2.45) is 0 Å². The highest BCUT2D eigenvalue weighted by Crippen LogP contribution is 2.39. The molecule has 0 aromatic carbocycles. The quantitative estimate of drug-likeness (QED) is 0.134. The molecule has 1 aliphatic carbocycles. The molecule has 4 heteroatoms. The third kappa shape index (κ3) is 9.32. The number of aromatic amines is 1. The number of aromatic nitrogens is 2. The van der Waals surface area contributed by atoms with Crippen LogP contribution in [0.2, 0.25) is 0 Å². The van der Waals surface area contributed by atoms with Gasteiger partial charge in [0.15, 0.2) is 11.5 Å². The van der Waals surface area contributed by atoms with E-state index in [-0.39, 0.29) is 5.78 Å². The lowest BCUT2D eigenvalue weighted by Crippen LogP contribution is -2.25. The summed E-state index contributed by atoms with van der Waals surface area (Å²) in [5.74, 6) is 0.0869. The van der Waals surface area contributed by atoms with Crippen LogP contribution in [0.15, 0.2) is 29.9 Å². The zero-order valence-corrected chi connectivity index (χ0v) is 27.1. The summed E-state index contributed by atoms with van der Waals surface area (Å²) in [5, 5.41) is 0. The van der Waals surface area contributed by atoms with Gasteiger partial charge in [-0.1, -0.05) is 103 Å². The highest BCUT2D eigenvalue weighted by Gasteiger charge is 2.35. The van der Waals surface area contributed by atoms with Crippen LogP contribution in [0.4, 0.5) is 4.39 Å². The molecule has 0 saturated carbocycles. The Labute approximate surface area is 250 Å². The van der Waals surface area contributed by atoms with Crippen LogP contribution in [0.3, 0.4) is 0 Å². The smallest absolute Gasteiger partial charge is 0.172 e. The van der Waals surface area contributed by atoms with E-state index in [1.807, 2.05) is 32.9 Å². The minimum absolute atomic E-state index is 0.0869. The van der Waals surface area contributed by atoms with E-state index in [0.717, 1.165) is 58.0 Å². The Morgan fingerprint density at radius 2 is 1.46 bits per heavy atom. The van der Waals surface area contributed by atoms with Gasteiger partial charge in [-0.2, -0.15) is 0 Å². The molecule has 1 aliphatic rings. The number of unbranched alkanes of at least 4 members (excludes halogenated alkanes) is 13. The van der Waals surface area contributed by atoms with Gasteiger partial charge >= 0.3 is 0 Å². The van der Waals surface area contributed by atoms with Gasteiger partial charge in [-0.05, 0) is 69.9 Å². The SMILES string of the molecule is CCCCCCCCCCCCCCCCn1c(C)cc(C)c1C1(F)C=CC(Cc2[nH]c(C)c(C(C)=O)c2C)=CC1. The van der Waals surface area contributed by atoms with Crippen molar-refractivity contribution in [2.75, 3.05) is 0 Å². The minimum Gasteiger partial charge on any atom is -0.361 e. The van der Waals surface area contributed by atoms with E-state index in [2.05, 4.69) is 29.5 Å². The Morgan fingerprint density at radius 3 is 1.95 bits per heavy atom. The van der Waals surface area contributed by atoms with E-state index in [9.17, 15) is 4.79 Å². The molecule has 2 aromatic rings. The Kier molecular flexibility index (Phi) is 13.2. The van der Waals surface area contributed by atoms with E-state index >= 15 is 4.39 Å². The summed E-state index contributed by atoms with van der Waals surface area (Å²) in [4.78, 5) is 15.4. The number of aryl methyl sites for hydroxylation is 3. The molecule has 0 fully saturated rings. The van der Waals surface area contributed by atoms with Gasteiger partial charge in [0, 0.05) is 42.0 Å². The first-order chi connectivity index (χ1) is 19.7. The van der Waals surface area contributed by atoms with Crippen molar-refractivity contribution in [2.45, 2.75) is 156 Å². The molecule has 0 bridgehead atoms. The maximum Gasteiger partial charge on any atom is 0.172 e. The van der Waals surface area contributed by atoms with Crippen molar-refractivity contribution in [1.29, 1.82) is 0 Å². The van der Waals surface area contributed by atoms with Crippen LogP contribution >= 0.6 is 0 Å². The van der Waals surface area contributed by atoms with Crippen LogP contribution in [-0.4, -0.2) is 15.3 Å². The number of carbonyl (C=O) groups is 1. The lowest BCUT2D eigenvalue weighted by Gasteiger charge is -2.27. The molecule has 0 aliphatic heterocycles. The molecule has 3 rings (SSSR count). The highest BCUT2D eigenvalue weighted by atomic mass is 19.1. The van der Waals surface area contributed by atoms with Crippen molar-refractivity contribution in [3.63, 3.8) is 0 Å². The Hall–Kier alpha value is -2.36. The normalized spacial score (nSPS) is 16.9. The number of nitrogens with zero attached hydrogens (tertiary/aromatic N) is 1. The molecule has 0 radical (unpaired) electrons. The third-order valence-corrected chi connectivity index (χ3v) is 9.12. The van der Waals surface area contributed by atoms with Crippen molar-refractivity contribution in [1.82, 2.24) is 9.55 Å². The maximum absolute atomic E-state index is 16.5.